The number of alkyl halides is 2. The third-order valence-corrected chi connectivity index (χ3v) is 4.44. The van der Waals surface area contributed by atoms with Crippen LogP contribution in [0.5, 0.6) is 0 Å². The van der Waals surface area contributed by atoms with Gasteiger partial charge in [-0.15, -0.1) is 0 Å². The molecule has 2 heterocycles. The van der Waals surface area contributed by atoms with Gasteiger partial charge in [0.2, 0.25) is 0 Å². The fraction of sp³-hybridized carbons (Fsp3) is 0.500. The summed E-state index contributed by atoms with van der Waals surface area (Å²) in [5, 5.41) is 2.17. The number of halogens is 2. The van der Waals surface area contributed by atoms with Crippen LogP contribution in [-0.2, 0) is 20.0 Å². The van der Waals surface area contributed by atoms with Crippen LogP contribution in [0, 0.1) is 0 Å². The summed E-state index contributed by atoms with van der Waals surface area (Å²) in [5.74, 6) is -4.82. The van der Waals surface area contributed by atoms with Gasteiger partial charge in [-0.05, 0) is 39.2 Å². The van der Waals surface area contributed by atoms with E-state index in [0.717, 1.165) is 0 Å². The Labute approximate surface area is 122 Å². The molecule has 0 radical (unpaired) electrons. The lowest BCUT2D eigenvalue weighted by Crippen LogP contribution is -2.41. The number of nitrogens with one attached hydrogen (secondary N) is 1. The van der Waals surface area contributed by atoms with Crippen molar-refractivity contribution in [1.82, 2.24) is 0 Å². The molecule has 1 aromatic rings. The lowest BCUT2D eigenvalue weighted by molar-refractivity contribution is -0.139. The number of carbonyl (C=O) groups is 1. The predicted octanol–water partition coefficient (Wildman–Crippen LogP) is 2.03. The van der Waals surface area contributed by atoms with Crippen molar-refractivity contribution in [3.05, 3.63) is 23.8 Å². The molecule has 0 unspecified atom stereocenters. The highest BCUT2D eigenvalue weighted by Crippen LogP contribution is 2.41. The Morgan fingerprint density at radius 1 is 1.10 bits per heavy atom. The van der Waals surface area contributed by atoms with Crippen molar-refractivity contribution in [1.29, 1.82) is 0 Å². The van der Waals surface area contributed by atoms with Gasteiger partial charge in [-0.25, -0.2) is 0 Å². The monoisotopic (exact) mass is 295 g/mol. The van der Waals surface area contributed by atoms with Gasteiger partial charge >= 0.3 is 13.0 Å². The highest BCUT2D eigenvalue weighted by Gasteiger charge is 2.53. The molecule has 1 aromatic carbocycles. The van der Waals surface area contributed by atoms with Crippen molar-refractivity contribution in [2.45, 2.75) is 44.8 Å². The van der Waals surface area contributed by atoms with Crippen molar-refractivity contribution in [3.8, 4) is 0 Å². The number of carbonyl (C=O) groups excluding carboxylic acids is 1. The van der Waals surface area contributed by atoms with Crippen LogP contribution >= 0.6 is 0 Å². The van der Waals surface area contributed by atoms with E-state index in [1.807, 2.05) is 27.7 Å². The van der Waals surface area contributed by atoms with Gasteiger partial charge in [0.15, 0.2) is 0 Å². The summed E-state index contributed by atoms with van der Waals surface area (Å²) in [6.07, 6.45) is 0. The van der Waals surface area contributed by atoms with E-state index in [9.17, 15) is 13.6 Å². The maximum Gasteiger partial charge on any atom is 0.494 e. The van der Waals surface area contributed by atoms with Crippen LogP contribution in [0.2, 0.25) is 0 Å². The number of hydrogen-bond donors (Lipinski definition) is 1. The highest BCUT2D eigenvalue weighted by atomic mass is 19.3. The Hall–Kier alpha value is -1.47. The van der Waals surface area contributed by atoms with Crippen LogP contribution in [-0.4, -0.2) is 24.2 Å². The quantitative estimate of drug-likeness (QED) is 0.806. The number of benzene rings is 1. The van der Waals surface area contributed by atoms with E-state index >= 15 is 0 Å². The third kappa shape index (κ3) is 1.98. The second kappa shape index (κ2) is 4.05. The standard InChI is InChI=1S/C14H16BF2NO3/c1-12(2)13(3,4)21-15(20-12)8-5-6-10-9(7-8)14(16,17)11(19)18-10/h5-7H,1-4H3,(H,18,19). The summed E-state index contributed by atoms with van der Waals surface area (Å²) >= 11 is 0. The first kappa shape index (κ1) is 14.5. The zero-order chi connectivity index (χ0) is 15.6. The molecule has 0 bridgehead atoms. The molecule has 0 spiro atoms. The van der Waals surface area contributed by atoms with E-state index in [4.69, 9.17) is 9.31 Å². The summed E-state index contributed by atoms with van der Waals surface area (Å²) in [6, 6.07) is 4.35. The van der Waals surface area contributed by atoms with Crippen molar-refractivity contribution in [3.63, 3.8) is 0 Å². The molecular weight excluding hydrogens is 279 g/mol. The molecule has 0 atom stereocenters. The number of amides is 1. The summed E-state index contributed by atoms with van der Waals surface area (Å²) in [5.41, 5.74) is -0.825. The molecule has 3 rings (SSSR count). The van der Waals surface area contributed by atoms with Crippen molar-refractivity contribution >= 4 is 24.2 Å². The topological polar surface area (TPSA) is 47.6 Å². The predicted molar refractivity (Wildman–Crippen MR) is 74.7 cm³/mol. The van der Waals surface area contributed by atoms with Gasteiger partial charge in [-0.2, -0.15) is 8.78 Å². The molecule has 4 nitrogen and oxygen atoms in total. The Kier molecular flexibility index (Phi) is 2.79. The Bertz CT molecular complexity index is 615. The summed E-state index contributed by atoms with van der Waals surface area (Å²) in [4.78, 5) is 11.3. The summed E-state index contributed by atoms with van der Waals surface area (Å²) < 4.78 is 39.3. The molecule has 7 heteroatoms. The minimum atomic E-state index is -3.52. The van der Waals surface area contributed by atoms with E-state index < -0.39 is 30.2 Å². The van der Waals surface area contributed by atoms with Crippen LogP contribution in [0.4, 0.5) is 14.5 Å². The van der Waals surface area contributed by atoms with Gasteiger partial charge in [0, 0.05) is 0 Å². The molecule has 21 heavy (non-hydrogen) atoms. The van der Waals surface area contributed by atoms with Gasteiger partial charge < -0.3 is 14.6 Å². The molecule has 1 amide bonds. The largest absolute Gasteiger partial charge is 0.494 e. The molecule has 2 aliphatic rings. The molecule has 2 aliphatic heterocycles. The van der Waals surface area contributed by atoms with Crippen LogP contribution < -0.4 is 10.8 Å². The van der Waals surface area contributed by atoms with Gasteiger partial charge in [0.05, 0.1) is 22.5 Å². The average Bonchev–Trinajstić information content (AvgIpc) is 2.71. The SMILES string of the molecule is CC1(C)OB(c2ccc3c(c2)C(F)(F)C(=O)N3)OC1(C)C. The Balaban J connectivity index is 1.97. The highest BCUT2D eigenvalue weighted by molar-refractivity contribution is 6.62. The number of hydrogen-bond acceptors (Lipinski definition) is 3. The van der Waals surface area contributed by atoms with Crippen molar-refractivity contribution in [2.24, 2.45) is 0 Å². The van der Waals surface area contributed by atoms with E-state index in [2.05, 4.69) is 5.32 Å². The fourth-order valence-corrected chi connectivity index (χ4v) is 2.38. The normalized spacial score (nSPS) is 24.9. The second-order valence-electron chi connectivity index (χ2n) is 6.42. The molecule has 112 valence electrons. The molecule has 1 fully saturated rings. The second-order valence-corrected chi connectivity index (χ2v) is 6.42. The van der Waals surface area contributed by atoms with Crippen LogP contribution in [0.1, 0.15) is 33.3 Å². The van der Waals surface area contributed by atoms with Crippen molar-refractivity contribution < 1.29 is 22.9 Å². The Morgan fingerprint density at radius 2 is 1.67 bits per heavy atom. The zero-order valence-electron chi connectivity index (χ0n) is 12.3. The minimum absolute atomic E-state index is 0.130. The molecule has 0 saturated carbocycles. The fourth-order valence-electron chi connectivity index (χ4n) is 2.38. The smallest absolute Gasteiger partial charge is 0.399 e. The first-order valence-corrected chi connectivity index (χ1v) is 6.74. The third-order valence-electron chi connectivity index (χ3n) is 4.44. The molecule has 0 aliphatic carbocycles. The number of rotatable bonds is 1. The van der Waals surface area contributed by atoms with E-state index in [0.29, 0.717) is 5.46 Å². The molecule has 1 saturated heterocycles. The van der Waals surface area contributed by atoms with Crippen LogP contribution in [0.15, 0.2) is 18.2 Å². The maximum absolute atomic E-state index is 13.8. The Morgan fingerprint density at radius 3 is 2.24 bits per heavy atom. The average molecular weight is 295 g/mol. The van der Waals surface area contributed by atoms with Crippen molar-refractivity contribution in [2.75, 3.05) is 5.32 Å². The van der Waals surface area contributed by atoms with Gasteiger partial charge in [0.25, 0.3) is 5.91 Å². The summed E-state index contributed by atoms with van der Waals surface area (Å²) in [6.45, 7) is 7.56. The number of anilines is 1. The molecule has 0 aromatic heterocycles. The summed E-state index contributed by atoms with van der Waals surface area (Å²) in [7, 11) is -0.730. The maximum atomic E-state index is 13.8. The number of fused-ring (bicyclic) bond motifs is 1. The van der Waals surface area contributed by atoms with Gasteiger partial charge in [-0.1, -0.05) is 12.1 Å². The first-order chi connectivity index (χ1) is 9.54. The van der Waals surface area contributed by atoms with E-state index in [-0.39, 0.29) is 11.3 Å². The van der Waals surface area contributed by atoms with Gasteiger partial charge in [0.1, 0.15) is 0 Å². The lowest BCUT2D eigenvalue weighted by atomic mass is 9.78. The van der Waals surface area contributed by atoms with E-state index in [1.165, 1.54) is 12.1 Å². The van der Waals surface area contributed by atoms with E-state index in [1.54, 1.807) is 6.07 Å². The van der Waals surface area contributed by atoms with Crippen LogP contribution in [0.25, 0.3) is 0 Å². The zero-order valence-corrected chi connectivity index (χ0v) is 12.3. The molecular formula is C14H16BF2NO3. The van der Waals surface area contributed by atoms with Crippen LogP contribution in [0.3, 0.4) is 0 Å². The first-order valence-electron chi connectivity index (χ1n) is 6.74. The lowest BCUT2D eigenvalue weighted by Gasteiger charge is -2.32. The minimum Gasteiger partial charge on any atom is -0.399 e. The van der Waals surface area contributed by atoms with Gasteiger partial charge in [-0.3, -0.25) is 4.79 Å². The molecule has 1 N–H and O–H groups in total.